The molecule has 1 rings (SSSR count). The number of carbonyl (C=O) groups is 2. The minimum absolute atomic E-state index is 0.255. The van der Waals surface area contributed by atoms with Gasteiger partial charge < -0.3 is 16.8 Å². The number of aryl methyl sites for hydroxylation is 1. The number of rotatable bonds is 6. The van der Waals surface area contributed by atoms with Gasteiger partial charge in [0.05, 0.1) is 6.20 Å². The molecule has 0 radical (unpaired) electrons. The standard InChI is InChI=1S/C10H17N5O2/c1-15-9(12)7(6-14-15)10(17)13-5-3-2-4-8(11)16/h6H,2-5,12H2,1H3,(H2,11,16)(H,13,17). The van der Waals surface area contributed by atoms with Gasteiger partial charge in [-0.05, 0) is 12.8 Å². The van der Waals surface area contributed by atoms with Crippen molar-refractivity contribution in [3.8, 4) is 0 Å². The van der Waals surface area contributed by atoms with Crippen molar-refractivity contribution >= 4 is 17.6 Å². The Morgan fingerprint density at radius 2 is 2.18 bits per heavy atom. The van der Waals surface area contributed by atoms with Crippen molar-refractivity contribution in [2.24, 2.45) is 12.8 Å². The smallest absolute Gasteiger partial charge is 0.256 e. The van der Waals surface area contributed by atoms with Crippen molar-refractivity contribution in [1.82, 2.24) is 15.1 Å². The van der Waals surface area contributed by atoms with E-state index in [0.717, 1.165) is 0 Å². The summed E-state index contributed by atoms with van der Waals surface area (Å²) < 4.78 is 1.43. The lowest BCUT2D eigenvalue weighted by atomic mass is 10.2. The number of amides is 2. The maximum absolute atomic E-state index is 11.6. The minimum atomic E-state index is -0.326. The molecule has 0 aliphatic carbocycles. The van der Waals surface area contributed by atoms with Crippen LogP contribution in [0.2, 0.25) is 0 Å². The number of anilines is 1. The Morgan fingerprint density at radius 1 is 1.47 bits per heavy atom. The van der Waals surface area contributed by atoms with E-state index in [1.807, 2.05) is 0 Å². The summed E-state index contributed by atoms with van der Waals surface area (Å²) in [6.07, 6.45) is 3.13. The molecule has 1 heterocycles. The highest BCUT2D eigenvalue weighted by atomic mass is 16.2. The second kappa shape index (κ2) is 5.88. The van der Waals surface area contributed by atoms with Crippen molar-refractivity contribution in [3.05, 3.63) is 11.8 Å². The van der Waals surface area contributed by atoms with E-state index in [1.54, 1.807) is 7.05 Å². The van der Waals surface area contributed by atoms with E-state index < -0.39 is 0 Å². The van der Waals surface area contributed by atoms with Crippen LogP contribution in [0.3, 0.4) is 0 Å². The van der Waals surface area contributed by atoms with E-state index in [4.69, 9.17) is 11.5 Å². The molecule has 0 aliphatic heterocycles. The molecule has 0 saturated heterocycles. The summed E-state index contributed by atoms with van der Waals surface area (Å²) in [5.74, 6) is -0.248. The summed E-state index contributed by atoms with van der Waals surface area (Å²) >= 11 is 0. The molecule has 0 spiro atoms. The maximum Gasteiger partial charge on any atom is 0.256 e. The van der Waals surface area contributed by atoms with Gasteiger partial charge in [0.25, 0.3) is 5.91 Å². The van der Waals surface area contributed by atoms with Crippen LogP contribution in [0.25, 0.3) is 0 Å². The van der Waals surface area contributed by atoms with Gasteiger partial charge in [-0.1, -0.05) is 0 Å². The molecule has 1 aromatic rings. The first-order valence-electron chi connectivity index (χ1n) is 5.36. The van der Waals surface area contributed by atoms with Crippen LogP contribution in [0.5, 0.6) is 0 Å². The molecule has 5 N–H and O–H groups in total. The monoisotopic (exact) mass is 239 g/mol. The molecule has 0 bridgehead atoms. The van der Waals surface area contributed by atoms with Gasteiger partial charge >= 0.3 is 0 Å². The third-order valence-corrected chi connectivity index (χ3v) is 2.36. The largest absolute Gasteiger partial charge is 0.383 e. The van der Waals surface area contributed by atoms with Crippen molar-refractivity contribution in [2.45, 2.75) is 19.3 Å². The van der Waals surface area contributed by atoms with Crippen LogP contribution in [-0.4, -0.2) is 28.1 Å². The molecule has 17 heavy (non-hydrogen) atoms. The molecule has 0 aromatic carbocycles. The fourth-order valence-corrected chi connectivity index (χ4v) is 1.34. The normalized spacial score (nSPS) is 10.2. The quantitative estimate of drug-likeness (QED) is 0.574. The highest BCUT2D eigenvalue weighted by Crippen LogP contribution is 2.08. The molecule has 0 atom stereocenters. The lowest BCUT2D eigenvalue weighted by Crippen LogP contribution is -2.25. The summed E-state index contributed by atoms with van der Waals surface area (Å²) in [6, 6.07) is 0. The van der Waals surface area contributed by atoms with Crippen molar-refractivity contribution < 1.29 is 9.59 Å². The van der Waals surface area contributed by atoms with Gasteiger partial charge in [0.2, 0.25) is 5.91 Å². The van der Waals surface area contributed by atoms with Crippen molar-refractivity contribution in [2.75, 3.05) is 12.3 Å². The molecule has 2 amide bonds. The summed E-state index contributed by atoms with van der Waals surface area (Å²) in [6.45, 7) is 0.487. The predicted octanol–water partition coefficient (Wildman–Crippen LogP) is -0.612. The zero-order valence-corrected chi connectivity index (χ0v) is 9.77. The number of nitrogens with two attached hydrogens (primary N) is 2. The zero-order chi connectivity index (χ0) is 12.8. The van der Waals surface area contributed by atoms with Crippen LogP contribution >= 0.6 is 0 Å². The Kier molecular flexibility index (Phi) is 4.50. The topological polar surface area (TPSA) is 116 Å². The summed E-state index contributed by atoms with van der Waals surface area (Å²) in [5.41, 5.74) is 11.0. The number of hydrogen-bond acceptors (Lipinski definition) is 4. The van der Waals surface area contributed by atoms with E-state index in [2.05, 4.69) is 10.4 Å². The zero-order valence-electron chi connectivity index (χ0n) is 9.77. The van der Waals surface area contributed by atoms with E-state index in [9.17, 15) is 9.59 Å². The molecular weight excluding hydrogens is 222 g/mol. The Morgan fingerprint density at radius 3 is 2.71 bits per heavy atom. The summed E-state index contributed by atoms with van der Waals surface area (Å²) in [5, 5.41) is 6.58. The SMILES string of the molecule is Cn1ncc(C(=O)NCCCCC(N)=O)c1N. The first-order chi connectivity index (χ1) is 8.02. The Labute approximate surface area is 99.1 Å². The number of nitrogens with one attached hydrogen (secondary N) is 1. The fraction of sp³-hybridized carbons (Fsp3) is 0.500. The van der Waals surface area contributed by atoms with Gasteiger partial charge in [-0.15, -0.1) is 0 Å². The number of hydrogen-bond donors (Lipinski definition) is 3. The van der Waals surface area contributed by atoms with Gasteiger partial charge in [-0.2, -0.15) is 5.10 Å². The molecule has 7 heteroatoms. The van der Waals surface area contributed by atoms with Crippen LogP contribution in [0.4, 0.5) is 5.82 Å². The van der Waals surface area contributed by atoms with Gasteiger partial charge in [-0.3, -0.25) is 14.3 Å². The number of primary amides is 1. The highest BCUT2D eigenvalue weighted by molar-refractivity contribution is 5.98. The fourth-order valence-electron chi connectivity index (χ4n) is 1.34. The first-order valence-corrected chi connectivity index (χ1v) is 5.36. The Bertz CT molecular complexity index is 413. The van der Waals surface area contributed by atoms with E-state index in [-0.39, 0.29) is 11.8 Å². The predicted molar refractivity (Wildman–Crippen MR) is 63.0 cm³/mol. The summed E-state index contributed by atoms with van der Waals surface area (Å²) in [7, 11) is 1.67. The lowest BCUT2D eigenvalue weighted by molar-refractivity contribution is -0.118. The lowest BCUT2D eigenvalue weighted by Gasteiger charge is -2.03. The molecule has 0 fully saturated rings. The van der Waals surface area contributed by atoms with Crippen LogP contribution in [-0.2, 0) is 11.8 Å². The molecule has 94 valence electrons. The first kappa shape index (κ1) is 13.0. The molecule has 0 saturated carbocycles. The third kappa shape index (κ3) is 3.78. The third-order valence-electron chi connectivity index (χ3n) is 2.36. The maximum atomic E-state index is 11.6. The second-order valence-electron chi connectivity index (χ2n) is 3.75. The van der Waals surface area contributed by atoms with Gasteiger partial charge in [-0.25, -0.2) is 0 Å². The molecule has 7 nitrogen and oxygen atoms in total. The minimum Gasteiger partial charge on any atom is -0.383 e. The molecule has 0 aliphatic rings. The Hall–Kier alpha value is -2.05. The van der Waals surface area contributed by atoms with Gasteiger partial charge in [0.1, 0.15) is 11.4 Å². The van der Waals surface area contributed by atoms with E-state index in [1.165, 1.54) is 10.9 Å². The van der Waals surface area contributed by atoms with Crippen LogP contribution in [0.15, 0.2) is 6.20 Å². The van der Waals surface area contributed by atoms with Gasteiger partial charge in [0.15, 0.2) is 0 Å². The number of aromatic nitrogens is 2. The van der Waals surface area contributed by atoms with Crippen LogP contribution < -0.4 is 16.8 Å². The molecular formula is C10H17N5O2. The molecule has 1 aromatic heterocycles. The number of carbonyl (C=O) groups excluding carboxylic acids is 2. The average molecular weight is 239 g/mol. The van der Waals surface area contributed by atoms with Crippen LogP contribution in [0.1, 0.15) is 29.6 Å². The number of nitrogen functional groups attached to an aromatic ring is 1. The number of nitrogens with zero attached hydrogens (tertiary/aromatic N) is 2. The van der Waals surface area contributed by atoms with E-state index in [0.29, 0.717) is 37.2 Å². The number of unbranched alkanes of at least 4 members (excludes halogenated alkanes) is 1. The van der Waals surface area contributed by atoms with Crippen molar-refractivity contribution in [1.29, 1.82) is 0 Å². The summed E-state index contributed by atoms with van der Waals surface area (Å²) in [4.78, 5) is 22.1. The van der Waals surface area contributed by atoms with E-state index >= 15 is 0 Å². The van der Waals surface area contributed by atoms with Crippen LogP contribution in [0, 0.1) is 0 Å². The second-order valence-corrected chi connectivity index (χ2v) is 3.75. The Balaban J connectivity index is 2.31. The molecule has 0 unspecified atom stereocenters. The average Bonchev–Trinajstić information content (AvgIpc) is 2.59. The highest BCUT2D eigenvalue weighted by Gasteiger charge is 2.12. The van der Waals surface area contributed by atoms with Gasteiger partial charge in [0, 0.05) is 20.0 Å². The van der Waals surface area contributed by atoms with Crippen molar-refractivity contribution in [3.63, 3.8) is 0 Å².